The molecule has 1 aliphatic rings. The summed E-state index contributed by atoms with van der Waals surface area (Å²) in [5.74, 6) is 0. The molecule has 0 amide bonds. The van der Waals surface area contributed by atoms with E-state index in [0.717, 1.165) is 0 Å². The molecule has 1 aliphatic carbocycles. The molecule has 3 rings (SSSR count). The molecule has 0 radical (unpaired) electrons. The van der Waals surface area contributed by atoms with Gasteiger partial charge in [-0.05, 0) is 48.9 Å². The van der Waals surface area contributed by atoms with Gasteiger partial charge in [0.15, 0.2) is 0 Å². The van der Waals surface area contributed by atoms with Crippen LogP contribution >= 0.6 is 0 Å². The average molecular weight is 435 g/mol. The van der Waals surface area contributed by atoms with Gasteiger partial charge in [0.05, 0.1) is 0 Å². The molecule has 0 spiro atoms. The van der Waals surface area contributed by atoms with E-state index in [2.05, 4.69) is 64.1 Å². The maximum atomic E-state index is 2.53. The first-order chi connectivity index (χ1) is 15.1. The molecule has 0 heterocycles. The highest BCUT2D eigenvalue weighted by Crippen LogP contribution is 2.54. The van der Waals surface area contributed by atoms with Gasteiger partial charge in [0.25, 0.3) is 0 Å². The summed E-state index contributed by atoms with van der Waals surface area (Å²) in [7, 11) is 0. The van der Waals surface area contributed by atoms with Gasteiger partial charge in [0.2, 0.25) is 0 Å². The molecule has 0 nitrogen and oxygen atoms in total. The molecule has 0 unspecified atom stereocenters. The average Bonchev–Trinajstić information content (AvgIpc) is 3.02. The summed E-state index contributed by atoms with van der Waals surface area (Å²) in [6.07, 6.45) is 19.2. The fourth-order valence-corrected chi connectivity index (χ4v) is 5.80. The second-order valence-electron chi connectivity index (χ2n) is 10.2. The predicted octanol–water partition coefficient (Wildman–Crippen LogP) is 10.7. The summed E-state index contributed by atoms with van der Waals surface area (Å²) in [6.45, 7) is 9.17. The topological polar surface area (TPSA) is 0 Å². The zero-order valence-electron chi connectivity index (χ0n) is 20.9. The third-order valence-corrected chi connectivity index (χ3v) is 7.59. The first kappa shape index (κ1) is 26.7. The summed E-state index contributed by atoms with van der Waals surface area (Å²) in [5, 5.41) is 0. The minimum Gasteiger partial charge on any atom is -0.0776 e. The van der Waals surface area contributed by atoms with Crippen LogP contribution in [-0.4, -0.2) is 0 Å². The van der Waals surface area contributed by atoms with Gasteiger partial charge in [-0.25, -0.2) is 0 Å². The highest BCUT2D eigenvalue weighted by molar-refractivity contribution is 5.81. The Bertz CT molecular complexity index is 743. The number of benzene rings is 2. The first-order valence-electron chi connectivity index (χ1n) is 13.3. The Hall–Kier alpha value is -1.56. The maximum absolute atomic E-state index is 2.53. The second kappa shape index (κ2) is 13.2. The molecule has 178 valence electrons. The maximum Gasteiger partial charge on any atom is 0.0215 e. The van der Waals surface area contributed by atoms with Crippen LogP contribution in [0.3, 0.4) is 0 Å². The normalized spacial score (nSPS) is 13.5. The summed E-state index contributed by atoms with van der Waals surface area (Å²) >= 11 is 0. The summed E-state index contributed by atoms with van der Waals surface area (Å²) in [6, 6.07) is 14.5. The number of hydrogen-bond acceptors (Lipinski definition) is 0. The van der Waals surface area contributed by atoms with Crippen molar-refractivity contribution in [3.8, 4) is 11.1 Å². The molecule has 0 saturated carbocycles. The lowest BCUT2D eigenvalue weighted by Crippen LogP contribution is -2.25. The number of rotatable bonds is 14. The summed E-state index contributed by atoms with van der Waals surface area (Å²) in [5.41, 5.74) is 9.36. The van der Waals surface area contributed by atoms with E-state index in [0.29, 0.717) is 0 Å². The van der Waals surface area contributed by atoms with E-state index >= 15 is 0 Å². The molecular weight excluding hydrogens is 384 g/mol. The molecule has 0 aliphatic heterocycles. The van der Waals surface area contributed by atoms with Gasteiger partial charge in [-0.15, -0.1) is 0 Å². The van der Waals surface area contributed by atoms with Crippen LogP contribution in [0.2, 0.25) is 0 Å². The quantitative estimate of drug-likeness (QED) is 0.259. The smallest absolute Gasteiger partial charge is 0.0215 e. The Morgan fingerprint density at radius 1 is 0.531 bits per heavy atom. The minimum atomic E-state index is 0. The van der Waals surface area contributed by atoms with E-state index in [9.17, 15) is 0 Å². The SMILES string of the molecule is C.CCCCCCCCC1(CCCCCCCC)c2cc(C)ccc2-c2ccc(C)cc21. The van der Waals surface area contributed by atoms with E-state index in [-0.39, 0.29) is 12.8 Å². The number of fused-ring (bicyclic) bond motifs is 3. The molecule has 0 bridgehead atoms. The number of aryl methyl sites for hydroxylation is 2. The van der Waals surface area contributed by atoms with Crippen LogP contribution in [0.25, 0.3) is 11.1 Å². The number of hydrogen-bond donors (Lipinski definition) is 0. The molecule has 0 fully saturated rings. The standard InChI is InChI=1S/C31H46.CH4/c1-5-7-9-11-13-15-21-31(22-16-14-12-10-8-6-2)29-23-25(3)17-19-27(29)28-20-18-26(4)24-30(28)31;/h17-20,23-24H,5-16,21-22H2,1-4H3;1H4. The van der Waals surface area contributed by atoms with E-state index < -0.39 is 0 Å². The lowest BCUT2D eigenvalue weighted by Gasteiger charge is -2.33. The Morgan fingerprint density at radius 3 is 1.31 bits per heavy atom. The highest BCUT2D eigenvalue weighted by atomic mass is 14.4. The fraction of sp³-hybridized carbons (Fsp3) is 0.625. The van der Waals surface area contributed by atoms with Crippen molar-refractivity contribution in [2.45, 2.75) is 130 Å². The van der Waals surface area contributed by atoms with Crippen LogP contribution in [0.15, 0.2) is 36.4 Å². The van der Waals surface area contributed by atoms with Crippen LogP contribution in [0.1, 0.15) is 133 Å². The zero-order chi connectivity index (χ0) is 22.1. The van der Waals surface area contributed by atoms with Gasteiger partial charge < -0.3 is 0 Å². The van der Waals surface area contributed by atoms with Gasteiger partial charge in [-0.3, -0.25) is 0 Å². The zero-order valence-corrected chi connectivity index (χ0v) is 20.9. The Labute approximate surface area is 200 Å². The van der Waals surface area contributed by atoms with Crippen LogP contribution in [-0.2, 0) is 5.41 Å². The van der Waals surface area contributed by atoms with Crippen molar-refractivity contribution < 1.29 is 0 Å². The molecule has 0 aromatic heterocycles. The molecule has 2 aromatic carbocycles. The van der Waals surface area contributed by atoms with Crippen LogP contribution in [0, 0.1) is 13.8 Å². The van der Waals surface area contributed by atoms with Crippen LogP contribution in [0.4, 0.5) is 0 Å². The molecule has 0 saturated heterocycles. The third kappa shape index (κ3) is 6.27. The van der Waals surface area contributed by atoms with Gasteiger partial charge in [0.1, 0.15) is 0 Å². The third-order valence-electron chi connectivity index (χ3n) is 7.59. The molecular formula is C32H50. The molecule has 2 aromatic rings. The van der Waals surface area contributed by atoms with Crippen LogP contribution < -0.4 is 0 Å². The van der Waals surface area contributed by atoms with Gasteiger partial charge >= 0.3 is 0 Å². The summed E-state index contributed by atoms with van der Waals surface area (Å²) < 4.78 is 0. The molecule has 32 heavy (non-hydrogen) atoms. The highest BCUT2D eigenvalue weighted by Gasteiger charge is 2.42. The van der Waals surface area contributed by atoms with E-state index in [1.165, 1.54) is 112 Å². The second-order valence-corrected chi connectivity index (χ2v) is 10.2. The van der Waals surface area contributed by atoms with Gasteiger partial charge in [0, 0.05) is 5.41 Å². The van der Waals surface area contributed by atoms with E-state index in [4.69, 9.17) is 0 Å². The Balaban J connectivity index is 0.00000363. The lowest BCUT2D eigenvalue weighted by molar-refractivity contribution is 0.397. The number of unbranched alkanes of at least 4 members (excludes halogenated alkanes) is 10. The largest absolute Gasteiger partial charge is 0.0776 e. The van der Waals surface area contributed by atoms with Crippen molar-refractivity contribution in [2.24, 2.45) is 0 Å². The molecule has 0 N–H and O–H groups in total. The van der Waals surface area contributed by atoms with Crippen molar-refractivity contribution >= 4 is 0 Å². The van der Waals surface area contributed by atoms with E-state index in [1.54, 1.807) is 11.1 Å². The van der Waals surface area contributed by atoms with Crippen molar-refractivity contribution in [3.05, 3.63) is 58.7 Å². The van der Waals surface area contributed by atoms with Crippen LogP contribution in [0.5, 0.6) is 0 Å². The summed E-state index contributed by atoms with van der Waals surface area (Å²) in [4.78, 5) is 0. The van der Waals surface area contributed by atoms with Gasteiger partial charge in [-0.1, -0.05) is 146 Å². The Morgan fingerprint density at radius 2 is 0.906 bits per heavy atom. The van der Waals surface area contributed by atoms with Crippen molar-refractivity contribution in [1.29, 1.82) is 0 Å². The van der Waals surface area contributed by atoms with Crippen molar-refractivity contribution in [2.75, 3.05) is 0 Å². The predicted molar refractivity (Wildman–Crippen MR) is 145 cm³/mol. The fourth-order valence-electron chi connectivity index (χ4n) is 5.80. The van der Waals surface area contributed by atoms with E-state index in [1.807, 2.05) is 0 Å². The minimum absolute atomic E-state index is 0. The van der Waals surface area contributed by atoms with Gasteiger partial charge in [-0.2, -0.15) is 0 Å². The first-order valence-corrected chi connectivity index (χ1v) is 13.3. The lowest BCUT2D eigenvalue weighted by atomic mass is 9.70. The Kier molecular flexibility index (Phi) is 11.0. The van der Waals surface area contributed by atoms with Crippen molar-refractivity contribution in [3.63, 3.8) is 0 Å². The molecule has 0 heteroatoms. The van der Waals surface area contributed by atoms with Crippen molar-refractivity contribution in [1.82, 2.24) is 0 Å². The monoisotopic (exact) mass is 434 g/mol. The molecule has 0 atom stereocenters.